The zero-order valence-corrected chi connectivity index (χ0v) is 13.8. The number of aryl methyl sites for hydroxylation is 3. The second kappa shape index (κ2) is 5.40. The van der Waals surface area contributed by atoms with Gasteiger partial charge < -0.3 is 4.74 Å². The highest BCUT2D eigenvalue weighted by Gasteiger charge is 2.20. The van der Waals surface area contributed by atoms with E-state index in [-0.39, 0.29) is 0 Å². The Morgan fingerprint density at radius 1 is 1.09 bits per heavy atom. The van der Waals surface area contributed by atoms with E-state index in [2.05, 4.69) is 37.3 Å². The summed E-state index contributed by atoms with van der Waals surface area (Å²) in [4.78, 5) is 7.35. The summed E-state index contributed by atoms with van der Waals surface area (Å²) in [6.07, 6.45) is 4.98. The molecule has 4 rings (SSSR count). The molecule has 0 unspecified atom stereocenters. The summed E-state index contributed by atoms with van der Waals surface area (Å²) < 4.78 is 5.44. The molecule has 0 atom stereocenters. The van der Waals surface area contributed by atoms with E-state index >= 15 is 0 Å². The third-order valence-electron chi connectivity index (χ3n) is 4.47. The number of rotatable bonds is 2. The smallest absolute Gasteiger partial charge is 0.214 e. The van der Waals surface area contributed by atoms with Crippen molar-refractivity contribution in [3.63, 3.8) is 0 Å². The first-order valence-electron chi connectivity index (χ1n) is 7.82. The lowest BCUT2D eigenvalue weighted by atomic mass is 9.93. The van der Waals surface area contributed by atoms with Crippen LogP contribution < -0.4 is 4.74 Å². The van der Waals surface area contributed by atoms with E-state index in [1.807, 2.05) is 11.3 Å². The monoisotopic (exact) mass is 309 g/mol. The molecule has 3 heteroatoms. The predicted octanol–water partition coefficient (Wildman–Crippen LogP) is 5.16. The summed E-state index contributed by atoms with van der Waals surface area (Å²) in [6.45, 7) is 2.12. The van der Waals surface area contributed by atoms with Crippen LogP contribution in [-0.2, 0) is 12.8 Å². The van der Waals surface area contributed by atoms with Gasteiger partial charge in [0, 0.05) is 16.3 Å². The Balaban J connectivity index is 2.02. The number of ether oxygens (including phenoxy) is 1. The van der Waals surface area contributed by atoms with Gasteiger partial charge in [0.25, 0.3) is 0 Å². The molecule has 0 radical (unpaired) electrons. The number of aromatic nitrogens is 1. The van der Waals surface area contributed by atoms with E-state index in [0.717, 1.165) is 4.83 Å². The van der Waals surface area contributed by atoms with Crippen LogP contribution in [0, 0.1) is 6.92 Å². The predicted molar refractivity (Wildman–Crippen MR) is 93.0 cm³/mol. The first kappa shape index (κ1) is 13.8. The fourth-order valence-electron chi connectivity index (χ4n) is 3.30. The zero-order chi connectivity index (χ0) is 15.1. The molecule has 1 aliphatic rings. The summed E-state index contributed by atoms with van der Waals surface area (Å²) >= 11 is 1.85. The second-order valence-electron chi connectivity index (χ2n) is 5.97. The molecule has 2 aromatic heterocycles. The van der Waals surface area contributed by atoms with Crippen LogP contribution in [-0.4, -0.2) is 12.1 Å². The minimum Gasteiger partial charge on any atom is -0.481 e. The topological polar surface area (TPSA) is 22.1 Å². The Labute approximate surface area is 134 Å². The number of fused-ring (bicyclic) bond motifs is 3. The van der Waals surface area contributed by atoms with Crippen molar-refractivity contribution in [1.82, 2.24) is 4.98 Å². The third-order valence-corrected chi connectivity index (χ3v) is 5.66. The van der Waals surface area contributed by atoms with Crippen molar-refractivity contribution in [2.75, 3.05) is 7.11 Å². The Morgan fingerprint density at radius 3 is 2.64 bits per heavy atom. The quantitative estimate of drug-likeness (QED) is 0.652. The minimum atomic E-state index is 0.710. The van der Waals surface area contributed by atoms with Gasteiger partial charge in [-0.15, -0.1) is 11.3 Å². The highest BCUT2D eigenvalue weighted by Crippen LogP contribution is 2.42. The van der Waals surface area contributed by atoms with Crippen molar-refractivity contribution in [3.8, 4) is 17.0 Å². The van der Waals surface area contributed by atoms with Gasteiger partial charge in [-0.25, -0.2) is 4.98 Å². The van der Waals surface area contributed by atoms with Crippen LogP contribution in [0.2, 0.25) is 0 Å². The molecule has 22 heavy (non-hydrogen) atoms. The maximum atomic E-state index is 5.44. The molecule has 0 bridgehead atoms. The maximum absolute atomic E-state index is 5.44. The average Bonchev–Trinajstić information content (AvgIpc) is 2.93. The Bertz CT molecular complexity index is 833. The largest absolute Gasteiger partial charge is 0.481 e. The molecular formula is C19H19NOS. The number of hydrogen-bond acceptors (Lipinski definition) is 3. The molecule has 0 N–H and O–H groups in total. The first-order valence-corrected chi connectivity index (χ1v) is 8.64. The van der Waals surface area contributed by atoms with E-state index in [1.54, 1.807) is 7.11 Å². The lowest BCUT2D eigenvalue weighted by Crippen LogP contribution is -1.99. The first-order chi connectivity index (χ1) is 10.8. The molecule has 2 nitrogen and oxygen atoms in total. The van der Waals surface area contributed by atoms with Gasteiger partial charge in [0.05, 0.1) is 7.11 Å². The number of benzene rings is 1. The summed E-state index contributed by atoms with van der Waals surface area (Å²) in [5.74, 6) is 0.710. The molecule has 0 fully saturated rings. The Hall–Kier alpha value is -1.87. The molecule has 3 aromatic rings. The van der Waals surface area contributed by atoms with Gasteiger partial charge in [-0.05, 0) is 49.3 Å². The van der Waals surface area contributed by atoms with Gasteiger partial charge in [0.1, 0.15) is 4.83 Å². The summed E-state index contributed by atoms with van der Waals surface area (Å²) in [5, 5.41) is 1.35. The lowest BCUT2D eigenvalue weighted by Gasteiger charge is -2.13. The number of thiophene rings is 1. The molecule has 0 saturated heterocycles. The van der Waals surface area contributed by atoms with Crippen molar-refractivity contribution in [2.45, 2.75) is 32.6 Å². The summed E-state index contributed by atoms with van der Waals surface area (Å²) in [6, 6.07) is 10.8. The van der Waals surface area contributed by atoms with Gasteiger partial charge >= 0.3 is 0 Å². The van der Waals surface area contributed by atoms with Crippen LogP contribution >= 0.6 is 11.3 Å². The summed E-state index contributed by atoms with van der Waals surface area (Å²) in [5.41, 5.74) is 5.33. The molecule has 0 amide bonds. The fourth-order valence-corrected chi connectivity index (χ4v) is 4.58. The highest BCUT2D eigenvalue weighted by molar-refractivity contribution is 7.19. The van der Waals surface area contributed by atoms with Crippen LogP contribution in [0.4, 0.5) is 0 Å². The van der Waals surface area contributed by atoms with E-state index < -0.39 is 0 Å². The van der Waals surface area contributed by atoms with Crippen LogP contribution in [0.1, 0.15) is 28.8 Å². The van der Waals surface area contributed by atoms with Crippen LogP contribution in [0.25, 0.3) is 21.3 Å². The number of pyridine rings is 1. The lowest BCUT2D eigenvalue weighted by molar-refractivity contribution is 0.400. The molecular weight excluding hydrogens is 290 g/mol. The molecule has 0 saturated carbocycles. The zero-order valence-electron chi connectivity index (χ0n) is 13.0. The van der Waals surface area contributed by atoms with Gasteiger partial charge in [-0.1, -0.05) is 29.8 Å². The van der Waals surface area contributed by atoms with Crippen molar-refractivity contribution >= 4 is 21.6 Å². The third kappa shape index (κ3) is 2.20. The van der Waals surface area contributed by atoms with Crippen LogP contribution in [0.5, 0.6) is 5.88 Å². The SMILES string of the molecule is COc1cc(-c2ccc(C)cc2)c2c3c(sc2n1)CCCC3. The van der Waals surface area contributed by atoms with Crippen LogP contribution in [0.3, 0.4) is 0 Å². The normalized spacial score (nSPS) is 14.1. The van der Waals surface area contributed by atoms with Crippen molar-refractivity contribution in [2.24, 2.45) is 0 Å². The maximum Gasteiger partial charge on any atom is 0.214 e. The highest BCUT2D eigenvalue weighted by atomic mass is 32.1. The standard InChI is InChI=1S/C19H19NOS/c1-12-7-9-13(10-8-12)15-11-17(21-2)20-19-18(15)14-5-3-4-6-16(14)22-19/h7-11H,3-6H2,1-2H3. The molecule has 1 aliphatic carbocycles. The number of methoxy groups -OCH3 is 1. The van der Waals surface area contributed by atoms with E-state index in [1.165, 1.54) is 58.2 Å². The van der Waals surface area contributed by atoms with Gasteiger partial charge in [0.2, 0.25) is 5.88 Å². The molecule has 1 aromatic carbocycles. The van der Waals surface area contributed by atoms with Crippen molar-refractivity contribution in [1.29, 1.82) is 0 Å². The molecule has 0 aliphatic heterocycles. The van der Waals surface area contributed by atoms with Crippen molar-refractivity contribution < 1.29 is 4.74 Å². The van der Waals surface area contributed by atoms with Gasteiger partial charge in [0.15, 0.2) is 0 Å². The molecule has 2 heterocycles. The minimum absolute atomic E-state index is 0.710. The van der Waals surface area contributed by atoms with E-state index in [9.17, 15) is 0 Å². The fraction of sp³-hybridized carbons (Fsp3) is 0.316. The Kier molecular flexibility index (Phi) is 3.38. The van der Waals surface area contributed by atoms with Gasteiger partial charge in [-0.2, -0.15) is 0 Å². The Morgan fingerprint density at radius 2 is 1.86 bits per heavy atom. The van der Waals surface area contributed by atoms with E-state index in [0.29, 0.717) is 5.88 Å². The summed E-state index contributed by atoms with van der Waals surface area (Å²) in [7, 11) is 1.70. The average molecular weight is 309 g/mol. The molecule has 0 spiro atoms. The van der Waals surface area contributed by atoms with Crippen LogP contribution in [0.15, 0.2) is 30.3 Å². The van der Waals surface area contributed by atoms with Gasteiger partial charge in [-0.3, -0.25) is 0 Å². The van der Waals surface area contributed by atoms with E-state index in [4.69, 9.17) is 9.72 Å². The molecule has 112 valence electrons. The number of hydrogen-bond donors (Lipinski definition) is 0. The van der Waals surface area contributed by atoms with Crippen molar-refractivity contribution in [3.05, 3.63) is 46.3 Å². The number of nitrogens with zero attached hydrogens (tertiary/aromatic N) is 1. The second-order valence-corrected chi connectivity index (χ2v) is 7.05.